The van der Waals surface area contributed by atoms with Gasteiger partial charge in [-0.05, 0) is 18.6 Å². The van der Waals surface area contributed by atoms with Crippen LogP contribution in [0.15, 0.2) is 24.3 Å². The second-order valence-corrected chi connectivity index (χ2v) is 3.41. The van der Waals surface area contributed by atoms with E-state index in [1.807, 2.05) is 6.92 Å². The highest BCUT2D eigenvalue weighted by molar-refractivity contribution is 5.72. The Morgan fingerprint density at radius 1 is 1.44 bits per heavy atom. The van der Waals surface area contributed by atoms with Crippen molar-refractivity contribution in [3.63, 3.8) is 0 Å². The van der Waals surface area contributed by atoms with Gasteiger partial charge < -0.3 is 14.6 Å². The van der Waals surface area contributed by atoms with Gasteiger partial charge in [0.25, 0.3) is 0 Å². The van der Waals surface area contributed by atoms with Crippen molar-refractivity contribution in [2.24, 2.45) is 0 Å². The van der Waals surface area contributed by atoms with Gasteiger partial charge in [-0.25, -0.2) is 4.79 Å². The van der Waals surface area contributed by atoms with E-state index in [2.05, 4.69) is 0 Å². The maximum Gasteiger partial charge on any atom is 0.344 e. The molecule has 4 heteroatoms. The Labute approximate surface area is 94.8 Å². The summed E-state index contributed by atoms with van der Waals surface area (Å²) in [5.74, 6) is 0.225. The molecular weight excluding hydrogens is 208 g/mol. The summed E-state index contributed by atoms with van der Waals surface area (Å²) in [4.78, 5) is 10.9. The Balaban J connectivity index is 2.72. The summed E-state index contributed by atoms with van der Waals surface area (Å²) in [6, 6.07) is 6.93. The van der Waals surface area contributed by atoms with Crippen molar-refractivity contribution in [1.82, 2.24) is 0 Å². The van der Waals surface area contributed by atoms with Crippen molar-refractivity contribution in [2.75, 3.05) is 7.11 Å². The van der Waals surface area contributed by atoms with Crippen LogP contribution in [-0.4, -0.2) is 24.3 Å². The van der Waals surface area contributed by atoms with E-state index in [-0.39, 0.29) is 0 Å². The largest absolute Gasteiger partial charge is 0.497 e. The van der Waals surface area contributed by atoms with Crippen LogP contribution in [0.25, 0.3) is 0 Å². The molecule has 0 aliphatic heterocycles. The lowest BCUT2D eigenvalue weighted by molar-refractivity contribution is -0.145. The van der Waals surface area contributed by atoms with E-state index in [1.54, 1.807) is 31.4 Å². The molecule has 0 saturated heterocycles. The predicted molar refractivity (Wildman–Crippen MR) is 60.0 cm³/mol. The van der Waals surface area contributed by atoms with Crippen LogP contribution in [0.1, 0.15) is 19.8 Å². The summed E-state index contributed by atoms with van der Waals surface area (Å²) in [6.45, 7) is 1.92. The van der Waals surface area contributed by atoms with Gasteiger partial charge in [0.05, 0.1) is 7.11 Å². The third kappa shape index (κ3) is 3.46. The first kappa shape index (κ1) is 12.4. The Hall–Kier alpha value is -1.71. The zero-order valence-electron chi connectivity index (χ0n) is 9.47. The molecule has 0 heterocycles. The van der Waals surface area contributed by atoms with Crippen LogP contribution in [0.2, 0.25) is 0 Å². The van der Waals surface area contributed by atoms with Gasteiger partial charge in [0.15, 0.2) is 6.10 Å². The van der Waals surface area contributed by atoms with Gasteiger partial charge in [0.2, 0.25) is 0 Å². The molecule has 0 aromatic heterocycles. The molecular formula is C12H16O4. The summed E-state index contributed by atoms with van der Waals surface area (Å²) in [7, 11) is 1.56. The summed E-state index contributed by atoms with van der Waals surface area (Å²) >= 11 is 0. The third-order valence-electron chi connectivity index (χ3n) is 2.15. The molecule has 1 aromatic carbocycles. The van der Waals surface area contributed by atoms with Crippen LogP contribution >= 0.6 is 0 Å². The van der Waals surface area contributed by atoms with Gasteiger partial charge in [-0.3, -0.25) is 0 Å². The molecule has 1 unspecified atom stereocenters. The molecule has 0 spiro atoms. The van der Waals surface area contributed by atoms with Gasteiger partial charge in [-0.15, -0.1) is 0 Å². The molecule has 4 nitrogen and oxygen atoms in total. The molecule has 0 saturated carbocycles. The lowest BCUT2D eigenvalue weighted by Gasteiger charge is -2.14. The van der Waals surface area contributed by atoms with Crippen LogP contribution in [-0.2, 0) is 4.79 Å². The van der Waals surface area contributed by atoms with Crippen molar-refractivity contribution < 1.29 is 19.4 Å². The topological polar surface area (TPSA) is 55.8 Å². The minimum atomic E-state index is -0.940. The Bertz CT molecular complexity index is 349. The quantitative estimate of drug-likeness (QED) is 0.805. The number of benzene rings is 1. The smallest absolute Gasteiger partial charge is 0.344 e. The average Bonchev–Trinajstić information content (AvgIpc) is 2.28. The zero-order valence-corrected chi connectivity index (χ0v) is 9.47. The van der Waals surface area contributed by atoms with Gasteiger partial charge in [0.1, 0.15) is 11.5 Å². The van der Waals surface area contributed by atoms with Crippen LogP contribution in [0.3, 0.4) is 0 Å². The molecule has 16 heavy (non-hydrogen) atoms. The van der Waals surface area contributed by atoms with Crippen LogP contribution in [0.4, 0.5) is 0 Å². The van der Waals surface area contributed by atoms with E-state index in [0.717, 1.165) is 6.42 Å². The van der Waals surface area contributed by atoms with E-state index in [4.69, 9.17) is 14.6 Å². The third-order valence-corrected chi connectivity index (χ3v) is 2.15. The first-order valence-electron chi connectivity index (χ1n) is 5.21. The van der Waals surface area contributed by atoms with E-state index < -0.39 is 12.1 Å². The number of ether oxygens (including phenoxy) is 2. The average molecular weight is 224 g/mol. The number of carbonyl (C=O) groups is 1. The SMILES string of the molecule is CCCC(Oc1cccc(OC)c1)C(=O)O. The molecule has 1 atom stereocenters. The van der Waals surface area contributed by atoms with Crippen LogP contribution in [0, 0.1) is 0 Å². The molecule has 0 aliphatic carbocycles. The van der Waals surface area contributed by atoms with E-state index in [0.29, 0.717) is 17.9 Å². The number of carboxylic acids is 1. The molecule has 0 amide bonds. The molecule has 0 fully saturated rings. The molecule has 0 radical (unpaired) electrons. The zero-order chi connectivity index (χ0) is 12.0. The predicted octanol–water partition coefficient (Wildman–Crippen LogP) is 2.33. The Morgan fingerprint density at radius 2 is 2.12 bits per heavy atom. The van der Waals surface area contributed by atoms with Gasteiger partial charge in [0, 0.05) is 6.07 Å². The second-order valence-electron chi connectivity index (χ2n) is 3.41. The number of hydrogen-bond donors (Lipinski definition) is 1. The van der Waals surface area contributed by atoms with Gasteiger partial charge in [-0.1, -0.05) is 19.4 Å². The van der Waals surface area contributed by atoms with E-state index >= 15 is 0 Å². The maximum absolute atomic E-state index is 10.9. The summed E-state index contributed by atoms with van der Waals surface area (Å²) in [6.07, 6.45) is 0.463. The molecule has 0 aliphatic rings. The fourth-order valence-corrected chi connectivity index (χ4v) is 1.33. The van der Waals surface area contributed by atoms with Crippen molar-refractivity contribution in [1.29, 1.82) is 0 Å². The summed E-state index contributed by atoms with van der Waals surface area (Å²) < 4.78 is 10.4. The fraction of sp³-hybridized carbons (Fsp3) is 0.417. The highest BCUT2D eigenvalue weighted by atomic mass is 16.5. The number of hydrogen-bond acceptors (Lipinski definition) is 3. The minimum Gasteiger partial charge on any atom is -0.497 e. The van der Waals surface area contributed by atoms with E-state index in [9.17, 15) is 4.79 Å². The first-order chi connectivity index (χ1) is 7.67. The van der Waals surface area contributed by atoms with Crippen molar-refractivity contribution in [3.8, 4) is 11.5 Å². The molecule has 1 rings (SSSR count). The number of rotatable bonds is 6. The lowest BCUT2D eigenvalue weighted by atomic mass is 10.2. The lowest BCUT2D eigenvalue weighted by Crippen LogP contribution is -2.26. The van der Waals surface area contributed by atoms with Crippen molar-refractivity contribution >= 4 is 5.97 Å². The first-order valence-corrected chi connectivity index (χ1v) is 5.21. The molecule has 1 aromatic rings. The minimum absolute atomic E-state index is 0.493. The van der Waals surface area contributed by atoms with E-state index in [1.165, 1.54) is 0 Å². The van der Waals surface area contributed by atoms with Crippen LogP contribution < -0.4 is 9.47 Å². The number of carboxylic acid groups (broad SMARTS) is 1. The summed E-state index contributed by atoms with van der Waals surface area (Å²) in [5.41, 5.74) is 0. The van der Waals surface area contributed by atoms with Crippen LogP contribution in [0.5, 0.6) is 11.5 Å². The number of methoxy groups -OCH3 is 1. The summed E-state index contributed by atoms with van der Waals surface area (Å²) in [5, 5.41) is 8.94. The Morgan fingerprint density at radius 3 is 2.69 bits per heavy atom. The van der Waals surface area contributed by atoms with Gasteiger partial charge >= 0.3 is 5.97 Å². The highest BCUT2D eigenvalue weighted by Gasteiger charge is 2.18. The monoisotopic (exact) mass is 224 g/mol. The standard InChI is InChI=1S/C12H16O4/c1-3-5-11(12(13)14)16-10-7-4-6-9(8-10)15-2/h4,6-8,11H,3,5H2,1-2H3,(H,13,14). The fourth-order valence-electron chi connectivity index (χ4n) is 1.33. The van der Waals surface area contributed by atoms with Gasteiger partial charge in [-0.2, -0.15) is 0 Å². The number of aliphatic carboxylic acids is 1. The molecule has 0 bridgehead atoms. The maximum atomic E-state index is 10.9. The Kier molecular flexibility index (Phi) is 4.64. The second kappa shape index (κ2) is 6.00. The van der Waals surface area contributed by atoms with Crippen molar-refractivity contribution in [2.45, 2.75) is 25.9 Å². The van der Waals surface area contributed by atoms with Crippen molar-refractivity contribution in [3.05, 3.63) is 24.3 Å². The molecule has 88 valence electrons. The molecule has 1 N–H and O–H groups in total. The highest BCUT2D eigenvalue weighted by Crippen LogP contribution is 2.20. The normalized spacial score (nSPS) is 11.9.